The molecular formula is C13H29NO. The van der Waals surface area contributed by atoms with Crippen molar-refractivity contribution < 1.29 is 5.11 Å². The molecule has 0 spiro atoms. The van der Waals surface area contributed by atoms with E-state index < -0.39 is 0 Å². The smallest absolute Gasteiger partial charge is 0.107 e. The lowest BCUT2D eigenvalue weighted by Gasteiger charge is -2.27. The van der Waals surface area contributed by atoms with Crippen LogP contribution in [0.2, 0.25) is 0 Å². The number of unbranched alkanes of at least 4 members (excludes halogenated alkanes) is 3. The zero-order valence-electron chi connectivity index (χ0n) is 10.8. The lowest BCUT2D eigenvalue weighted by molar-refractivity contribution is -0.00482. The lowest BCUT2D eigenvalue weighted by atomic mass is 10.1. The molecule has 0 amide bonds. The second-order valence-corrected chi connectivity index (χ2v) is 4.37. The fourth-order valence-electron chi connectivity index (χ4n) is 1.82. The summed E-state index contributed by atoms with van der Waals surface area (Å²) in [5.74, 6) is 0. The molecule has 15 heavy (non-hydrogen) atoms. The van der Waals surface area contributed by atoms with E-state index in [4.69, 9.17) is 0 Å². The van der Waals surface area contributed by atoms with Crippen LogP contribution in [0.4, 0.5) is 0 Å². The van der Waals surface area contributed by atoms with E-state index in [0.717, 1.165) is 32.4 Å². The number of aliphatic hydroxyl groups is 1. The standard InChI is InChI=1S/C13H29NO/c1-4-7-9-10-13(15)14(11-6-3)12-8-5-2/h13,15H,4-12H2,1-3H3. The van der Waals surface area contributed by atoms with Crippen molar-refractivity contribution in [2.45, 2.75) is 71.9 Å². The molecule has 1 atom stereocenters. The predicted octanol–water partition coefficient (Wildman–Crippen LogP) is 3.40. The van der Waals surface area contributed by atoms with Crippen molar-refractivity contribution in [1.82, 2.24) is 4.90 Å². The van der Waals surface area contributed by atoms with Crippen LogP contribution in [0.1, 0.15) is 65.7 Å². The summed E-state index contributed by atoms with van der Waals surface area (Å²) < 4.78 is 0. The third kappa shape index (κ3) is 7.80. The average Bonchev–Trinajstić information content (AvgIpc) is 2.24. The highest BCUT2D eigenvalue weighted by atomic mass is 16.3. The molecule has 2 heteroatoms. The highest BCUT2D eigenvalue weighted by molar-refractivity contribution is 4.61. The van der Waals surface area contributed by atoms with Crippen LogP contribution in [0.3, 0.4) is 0 Å². The molecular weight excluding hydrogens is 186 g/mol. The fraction of sp³-hybridized carbons (Fsp3) is 1.00. The van der Waals surface area contributed by atoms with E-state index in [-0.39, 0.29) is 6.23 Å². The highest BCUT2D eigenvalue weighted by Crippen LogP contribution is 2.09. The van der Waals surface area contributed by atoms with Crippen molar-refractivity contribution in [2.24, 2.45) is 0 Å². The van der Waals surface area contributed by atoms with Gasteiger partial charge < -0.3 is 5.11 Å². The summed E-state index contributed by atoms with van der Waals surface area (Å²) in [6.07, 6.45) is 7.91. The van der Waals surface area contributed by atoms with Gasteiger partial charge in [0.05, 0.1) is 0 Å². The van der Waals surface area contributed by atoms with Crippen molar-refractivity contribution in [2.75, 3.05) is 13.1 Å². The van der Waals surface area contributed by atoms with Crippen LogP contribution in [0.5, 0.6) is 0 Å². The topological polar surface area (TPSA) is 23.5 Å². The van der Waals surface area contributed by atoms with Crippen LogP contribution in [-0.4, -0.2) is 29.3 Å². The van der Waals surface area contributed by atoms with Crippen molar-refractivity contribution in [3.63, 3.8) is 0 Å². The Kier molecular flexibility index (Phi) is 10.4. The maximum absolute atomic E-state index is 10.0. The first kappa shape index (κ1) is 14.9. The summed E-state index contributed by atoms with van der Waals surface area (Å²) in [7, 11) is 0. The Balaban J connectivity index is 3.75. The SMILES string of the molecule is CCCCCC(O)N(CCC)CCCC. The molecule has 0 aliphatic carbocycles. The van der Waals surface area contributed by atoms with Crippen molar-refractivity contribution in [3.05, 3.63) is 0 Å². The molecule has 0 aromatic heterocycles. The second kappa shape index (κ2) is 10.4. The summed E-state index contributed by atoms with van der Waals surface area (Å²) in [5.41, 5.74) is 0. The molecule has 1 N–H and O–H groups in total. The van der Waals surface area contributed by atoms with Crippen LogP contribution >= 0.6 is 0 Å². The third-order valence-electron chi connectivity index (χ3n) is 2.80. The first-order valence-corrected chi connectivity index (χ1v) is 6.68. The Hall–Kier alpha value is -0.0800. The maximum atomic E-state index is 10.0. The van der Waals surface area contributed by atoms with Crippen LogP contribution in [0, 0.1) is 0 Å². The molecule has 0 fully saturated rings. The summed E-state index contributed by atoms with van der Waals surface area (Å²) in [4.78, 5) is 2.24. The van der Waals surface area contributed by atoms with E-state index >= 15 is 0 Å². The second-order valence-electron chi connectivity index (χ2n) is 4.37. The molecule has 0 saturated carbocycles. The number of rotatable bonds is 10. The summed E-state index contributed by atoms with van der Waals surface area (Å²) in [6, 6.07) is 0. The molecule has 0 heterocycles. The fourth-order valence-corrected chi connectivity index (χ4v) is 1.82. The minimum absolute atomic E-state index is 0.206. The molecule has 0 aromatic rings. The van der Waals surface area contributed by atoms with Gasteiger partial charge in [-0.15, -0.1) is 0 Å². The van der Waals surface area contributed by atoms with Crippen LogP contribution in [0.25, 0.3) is 0 Å². The number of nitrogens with zero attached hydrogens (tertiary/aromatic N) is 1. The van der Waals surface area contributed by atoms with Crippen LogP contribution in [-0.2, 0) is 0 Å². The van der Waals surface area contributed by atoms with Gasteiger partial charge in [-0.2, -0.15) is 0 Å². The zero-order chi connectivity index (χ0) is 11.5. The minimum atomic E-state index is -0.206. The quantitative estimate of drug-likeness (QED) is 0.446. The molecule has 0 aromatic carbocycles. The average molecular weight is 215 g/mol. The Morgan fingerprint density at radius 1 is 0.867 bits per heavy atom. The van der Waals surface area contributed by atoms with E-state index in [0.29, 0.717) is 0 Å². The number of aliphatic hydroxyl groups excluding tert-OH is 1. The number of hydrogen-bond donors (Lipinski definition) is 1. The zero-order valence-corrected chi connectivity index (χ0v) is 10.8. The summed E-state index contributed by atoms with van der Waals surface area (Å²) in [6.45, 7) is 8.67. The third-order valence-corrected chi connectivity index (χ3v) is 2.80. The van der Waals surface area contributed by atoms with Crippen molar-refractivity contribution in [3.8, 4) is 0 Å². The van der Waals surface area contributed by atoms with Gasteiger partial charge >= 0.3 is 0 Å². The van der Waals surface area contributed by atoms with E-state index in [1.54, 1.807) is 0 Å². The van der Waals surface area contributed by atoms with E-state index in [2.05, 4.69) is 25.7 Å². The first-order chi connectivity index (χ1) is 7.26. The Morgan fingerprint density at radius 2 is 1.53 bits per heavy atom. The summed E-state index contributed by atoms with van der Waals surface area (Å²) in [5, 5.41) is 10.0. The van der Waals surface area contributed by atoms with Gasteiger partial charge in [-0.1, -0.05) is 40.0 Å². The molecule has 1 unspecified atom stereocenters. The molecule has 0 aliphatic heterocycles. The van der Waals surface area contributed by atoms with E-state index in [1.807, 2.05) is 0 Å². The van der Waals surface area contributed by atoms with Gasteiger partial charge in [0.2, 0.25) is 0 Å². The predicted molar refractivity (Wildman–Crippen MR) is 66.9 cm³/mol. The Labute approximate surface area is 95.7 Å². The molecule has 2 nitrogen and oxygen atoms in total. The Morgan fingerprint density at radius 3 is 2.07 bits per heavy atom. The normalized spacial score (nSPS) is 13.4. The van der Waals surface area contributed by atoms with Crippen molar-refractivity contribution in [1.29, 1.82) is 0 Å². The molecule has 0 radical (unpaired) electrons. The van der Waals surface area contributed by atoms with E-state index in [9.17, 15) is 5.11 Å². The van der Waals surface area contributed by atoms with Gasteiger partial charge in [0.1, 0.15) is 6.23 Å². The van der Waals surface area contributed by atoms with Gasteiger partial charge in [0, 0.05) is 13.1 Å². The van der Waals surface area contributed by atoms with Gasteiger partial charge in [-0.05, 0) is 25.7 Å². The monoisotopic (exact) mass is 215 g/mol. The summed E-state index contributed by atoms with van der Waals surface area (Å²) >= 11 is 0. The minimum Gasteiger partial charge on any atom is -0.378 e. The Bertz CT molecular complexity index is 128. The molecule has 92 valence electrons. The first-order valence-electron chi connectivity index (χ1n) is 6.68. The lowest BCUT2D eigenvalue weighted by Crippen LogP contribution is -2.36. The van der Waals surface area contributed by atoms with Crippen LogP contribution < -0.4 is 0 Å². The maximum Gasteiger partial charge on any atom is 0.107 e. The van der Waals surface area contributed by atoms with Crippen LogP contribution in [0.15, 0.2) is 0 Å². The molecule has 0 aliphatic rings. The molecule has 0 bridgehead atoms. The van der Waals surface area contributed by atoms with Gasteiger partial charge in [0.15, 0.2) is 0 Å². The van der Waals surface area contributed by atoms with Gasteiger partial charge in [-0.25, -0.2) is 0 Å². The van der Waals surface area contributed by atoms with Gasteiger partial charge in [-0.3, -0.25) is 4.90 Å². The largest absolute Gasteiger partial charge is 0.378 e. The molecule has 0 rings (SSSR count). The van der Waals surface area contributed by atoms with Crippen molar-refractivity contribution >= 4 is 0 Å². The van der Waals surface area contributed by atoms with E-state index in [1.165, 1.54) is 25.7 Å². The number of hydrogen-bond acceptors (Lipinski definition) is 2. The molecule has 0 saturated heterocycles. The van der Waals surface area contributed by atoms with Gasteiger partial charge in [0.25, 0.3) is 0 Å². The highest BCUT2D eigenvalue weighted by Gasteiger charge is 2.13.